The smallest absolute Gasteiger partial charge is 0.127 e. The number of hydrogen-bond donors (Lipinski definition) is 1. The van der Waals surface area contributed by atoms with E-state index in [9.17, 15) is 4.39 Å². The molecule has 18 heavy (non-hydrogen) atoms. The first-order chi connectivity index (χ1) is 8.34. The van der Waals surface area contributed by atoms with Gasteiger partial charge in [-0.25, -0.2) is 4.39 Å². The maximum Gasteiger partial charge on any atom is 0.127 e. The molecule has 1 N–H and O–H groups in total. The van der Waals surface area contributed by atoms with E-state index in [1.165, 1.54) is 6.07 Å². The summed E-state index contributed by atoms with van der Waals surface area (Å²) >= 11 is 3.28. The fraction of sp³-hybridized carbons (Fsp3) is 0.600. The molecule has 0 amide bonds. The van der Waals surface area contributed by atoms with E-state index >= 15 is 0 Å². The van der Waals surface area contributed by atoms with Gasteiger partial charge in [0.15, 0.2) is 0 Å². The molecule has 0 heterocycles. The normalized spacial score (nSPS) is 13.7. The zero-order chi connectivity index (χ0) is 13.8. The Hall–Kier alpha value is -0.410. The van der Waals surface area contributed by atoms with Crippen molar-refractivity contribution in [2.75, 3.05) is 6.54 Å². The average molecular weight is 316 g/mol. The third kappa shape index (κ3) is 4.69. The van der Waals surface area contributed by atoms with Gasteiger partial charge in [0.25, 0.3) is 0 Å². The van der Waals surface area contributed by atoms with Crippen LogP contribution in [0.25, 0.3) is 0 Å². The van der Waals surface area contributed by atoms with E-state index < -0.39 is 0 Å². The van der Waals surface area contributed by atoms with Crippen molar-refractivity contribution in [1.82, 2.24) is 5.32 Å². The molecular formula is C15H23BrFN. The number of hydrogen-bond acceptors (Lipinski definition) is 1. The van der Waals surface area contributed by atoms with Crippen LogP contribution >= 0.6 is 15.9 Å². The minimum Gasteiger partial charge on any atom is -0.314 e. The van der Waals surface area contributed by atoms with Gasteiger partial charge in [0.2, 0.25) is 0 Å². The molecule has 1 aromatic carbocycles. The Morgan fingerprint density at radius 2 is 2.00 bits per heavy atom. The van der Waals surface area contributed by atoms with Crippen LogP contribution in [0, 0.1) is 11.2 Å². The highest BCUT2D eigenvalue weighted by Crippen LogP contribution is 2.24. The van der Waals surface area contributed by atoms with Crippen molar-refractivity contribution in [1.29, 1.82) is 0 Å². The van der Waals surface area contributed by atoms with Gasteiger partial charge in [-0.1, -0.05) is 49.7 Å². The highest BCUT2D eigenvalue weighted by Gasteiger charge is 2.23. The van der Waals surface area contributed by atoms with Gasteiger partial charge in [0.1, 0.15) is 5.82 Å². The predicted octanol–water partition coefficient (Wildman–Crippen LogP) is 4.55. The molecule has 1 nitrogen and oxygen atoms in total. The SMILES string of the molecule is CCNC(CCc1ccc(Br)cc1F)C(C)(C)C. The van der Waals surface area contributed by atoms with Gasteiger partial charge in [-0.05, 0) is 42.5 Å². The Balaban J connectivity index is 2.67. The van der Waals surface area contributed by atoms with Gasteiger partial charge >= 0.3 is 0 Å². The number of aryl methyl sites for hydroxylation is 1. The van der Waals surface area contributed by atoms with E-state index in [-0.39, 0.29) is 11.2 Å². The van der Waals surface area contributed by atoms with Crippen LogP contribution in [0.5, 0.6) is 0 Å². The van der Waals surface area contributed by atoms with Gasteiger partial charge in [0.05, 0.1) is 0 Å². The molecule has 0 aliphatic carbocycles. The Morgan fingerprint density at radius 1 is 1.33 bits per heavy atom. The van der Waals surface area contributed by atoms with Gasteiger partial charge in [0, 0.05) is 10.5 Å². The van der Waals surface area contributed by atoms with Crippen LogP contribution in [0.2, 0.25) is 0 Å². The van der Waals surface area contributed by atoms with Crippen LogP contribution in [0.4, 0.5) is 4.39 Å². The van der Waals surface area contributed by atoms with Gasteiger partial charge in [-0.2, -0.15) is 0 Å². The highest BCUT2D eigenvalue weighted by molar-refractivity contribution is 9.10. The zero-order valence-corrected chi connectivity index (χ0v) is 13.3. The monoisotopic (exact) mass is 315 g/mol. The maximum atomic E-state index is 13.7. The zero-order valence-electron chi connectivity index (χ0n) is 11.7. The summed E-state index contributed by atoms with van der Waals surface area (Å²) < 4.78 is 14.5. The molecule has 102 valence electrons. The van der Waals surface area contributed by atoms with E-state index in [0.29, 0.717) is 6.04 Å². The summed E-state index contributed by atoms with van der Waals surface area (Å²) in [7, 11) is 0. The van der Waals surface area contributed by atoms with Crippen molar-refractivity contribution in [3.8, 4) is 0 Å². The Kier molecular flexibility index (Phi) is 5.80. The van der Waals surface area contributed by atoms with Crippen LogP contribution in [-0.4, -0.2) is 12.6 Å². The quantitative estimate of drug-likeness (QED) is 0.840. The van der Waals surface area contributed by atoms with Gasteiger partial charge in [-0.15, -0.1) is 0 Å². The molecule has 0 spiro atoms. The molecule has 1 rings (SSSR count). The van der Waals surface area contributed by atoms with Crippen molar-refractivity contribution in [2.24, 2.45) is 5.41 Å². The summed E-state index contributed by atoms with van der Waals surface area (Å²) in [4.78, 5) is 0. The lowest BCUT2D eigenvalue weighted by Crippen LogP contribution is -2.40. The summed E-state index contributed by atoms with van der Waals surface area (Å²) in [5.74, 6) is -0.117. The molecule has 3 heteroatoms. The lowest BCUT2D eigenvalue weighted by molar-refractivity contribution is 0.258. The number of benzene rings is 1. The molecule has 0 saturated carbocycles. The molecule has 0 fully saturated rings. The molecule has 0 saturated heterocycles. The highest BCUT2D eigenvalue weighted by atomic mass is 79.9. The second kappa shape index (κ2) is 6.67. The van der Waals surface area contributed by atoms with Crippen LogP contribution in [0.1, 0.15) is 39.7 Å². The second-order valence-electron chi connectivity index (χ2n) is 5.75. The molecule has 1 unspecified atom stereocenters. The molecule has 0 aromatic heterocycles. The minimum atomic E-state index is -0.117. The largest absolute Gasteiger partial charge is 0.314 e. The number of nitrogens with one attached hydrogen (secondary N) is 1. The van der Waals surface area contributed by atoms with Gasteiger partial charge < -0.3 is 5.32 Å². The molecule has 1 aromatic rings. The van der Waals surface area contributed by atoms with E-state index in [4.69, 9.17) is 0 Å². The van der Waals surface area contributed by atoms with Crippen LogP contribution in [0.15, 0.2) is 22.7 Å². The Morgan fingerprint density at radius 3 is 2.50 bits per heavy atom. The minimum absolute atomic E-state index is 0.117. The molecule has 0 aliphatic heterocycles. The average Bonchev–Trinajstić information content (AvgIpc) is 2.24. The Bertz CT molecular complexity index is 385. The molecular weight excluding hydrogens is 293 g/mol. The van der Waals surface area contributed by atoms with Crippen molar-refractivity contribution in [2.45, 2.75) is 46.6 Å². The van der Waals surface area contributed by atoms with Crippen molar-refractivity contribution < 1.29 is 4.39 Å². The number of halogens is 2. The maximum absolute atomic E-state index is 13.7. The predicted molar refractivity (Wildman–Crippen MR) is 79.3 cm³/mol. The standard InChI is InChI=1S/C15H23BrFN/c1-5-18-14(15(2,3)4)9-7-11-6-8-12(16)10-13(11)17/h6,8,10,14,18H,5,7,9H2,1-4H3. The van der Waals surface area contributed by atoms with Crippen LogP contribution < -0.4 is 5.32 Å². The summed E-state index contributed by atoms with van der Waals surface area (Å²) in [6.07, 6.45) is 1.73. The van der Waals surface area contributed by atoms with Crippen molar-refractivity contribution in [3.63, 3.8) is 0 Å². The lowest BCUT2D eigenvalue weighted by Gasteiger charge is -2.31. The summed E-state index contributed by atoms with van der Waals surface area (Å²) in [6, 6.07) is 5.71. The third-order valence-electron chi connectivity index (χ3n) is 3.21. The van der Waals surface area contributed by atoms with E-state index in [1.807, 2.05) is 12.1 Å². The third-order valence-corrected chi connectivity index (χ3v) is 3.71. The summed E-state index contributed by atoms with van der Waals surface area (Å²) in [5, 5.41) is 3.49. The van der Waals surface area contributed by atoms with E-state index in [2.05, 4.69) is 48.9 Å². The Labute approximate surface area is 118 Å². The van der Waals surface area contributed by atoms with Gasteiger partial charge in [-0.3, -0.25) is 0 Å². The first-order valence-corrected chi connectivity index (χ1v) is 7.31. The molecule has 0 aliphatic rings. The topological polar surface area (TPSA) is 12.0 Å². The number of rotatable bonds is 5. The van der Waals surface area contributed by atoms with Crippen molar-refractivity contribution >= 4 is 15.9 Å². The second-order valence-corrected chi connectivity index (χ2v) is 6.67. The van der Waals surface area contributed by atoms with E-state index in [1.54, 1.807) is 0 Å². The van der Waals surface area contributed by atoms with Crippen molar-refractivity contribution in [3.05, 3.63) is 34.1 Å². The summed E-state index contributed by atoms with van der Waals surface area (Å²) in [5.41, 5.74) is 0.993. The van der Waals surface area contributed by atoms with Crippen LogP contribution in [0.3, 0.4) is 0 Å². The first-order valence-electron chi connectivity index (χ1n) is 6.52. The van der Waals surface area contributed by atoms with Crippen LogP contribution in [-0.2, 0) is 6.42 Å². The summed E-state index contributed by atoms with van der Waals surface area (Å²) in [6.45, 7) is 9.72. The molecule has 0 radical (unpaired) electrons. The molecule has 0 bridgehead atoms. The first kappa shape index (κ1) is 15.6. The lowest BCUT2D eigenvalue weighted by atomic mass is 9.83. The van der Waals surface area contributed by atoms with E-state index in [0.717, 1.165) is 29.4 Å². The molecule has 1 atom stereocenters. The fourth-order valence-corrected chi connectivity index (χ4v) is 2.45. The fourth-order valence-electron chi connectivity index (χ4n) is 2.11.